The molecule has 5 nitrogen and oxygen atoms in total. The third kappa shape index (κ3) is 4.16. The Morgan fingerprint density at radius 1 is 1.13 bits per heavy atom. The van der Waals surface area contributed by atoms with Crippen LogP contribution in [-0.4, -0.2) is 23.5 Å². The molecule has 1 N–H and O–H groups in total. The van der Waals surface area contributed by atoms with E-state index >= 15 is 0 Å². The van der Waals surface area contributed by atoms with Gasteiger partial charge in [0.05, 0.1) is 10.7 Å². The number of nitrogens with zero attached hydrogens (tertiary/aromatic N) is 1. The van der Waals surface area contributed by atoms with Crippen LogP contribution in [0.5, 0.6) is 0 Å². The molecule has 0 saturated heterocycles. The van der Waals surface area contributed by atoms with Gasteiger partial charge in [-0.3, -0.25) is 4.79 Å². The molecule has 1 aromatic carbocycles. The SMILES string of the molecule is Cc1cc(C)c(NC(=O)COC(=O)c2sc(C)nc2C)c(C)c1. The number of benzene rings is 1. The fraction of sp³-hybridized carbons (Fsp3) is 0.353. The topological polar surface area (TPSA) is 68.3 Å². The summed E-state index contributed by atoms with van der Waals surface area (Å²) in [4.78, 5) is 28.6. The number of anilines is 1. The maximum absolute atomic E-state index is 12.0. The number of aromatic nitrogens is 1. The summed E-state index contributed by atoms with van der Waals surface area (Å²) >= 11 is 1.27. The number of amides is 1. The average Bonchev–Trinajstić information content (AvgIpc) is 2.79. The summed E-state index contributed by atoms with van der Waals surface area (Å²) < 4.78 is 5.08. The smallest absolute Gasteiger partial charge is 0.350 e. The van der Waals surface area contributed by atoms with Gasteiger partial charge in [-0.1, -0.05) is 17.7 Å². The van der Waals surface area contributed by atoms with Gasteiger partial charge >= 0.3 is 5.97 Å². The van der Waals surface area contributed by atoms with Gasteiger partial charge in [-0.2, -0.15) is 0 Å². The minimum absolute atomic E-state index is 0.317. The highest BCUT2D eigenvalue weighted by molar-refractivity contribution is 7.13. The first-order valence-electron chi connectivity index (χ1n) is 7.26. The summed E-state index contributed by atoms with van der Waals surface area (Å²) in [7, 11) is 0. The molecule has 0 unspecified atom stereocenters. The molecule has 1 amide bonds. The second-order valence-electron chi connectivity index (χ2n) is 5.55. The maximum Gasteiger partial charge on any atom is 0.350 e. The third-order valence-corrected chi connectivity index (χ3v) is 4.42. The molecule has 0 bridgehead atoms. The molecule has 2 aromatic rings. The summed E-state index contributed by atoms with van der Waals surface area (Å²) in [5.74, 6) is -0.868. The second kappa shape index (κ2) is 6.91. The quantitative estimate of drug-likeness (QED) is 0.870. The van der Waals surface area contributed by atoms with Crippen molar-refractivity contribution in [3.8, 4) is 0 Å². The van der Waals surface area contributed by atoms with E-state index < -0.39 is 5.97 Å². The van der Waals surface area contributed by atoms with E-state index in [9.17, 15) is 9.59 Å². The fourth-order valence-electron chi connectivity index (χ4n) is 2.47. The van der Waals surface area contributed by atoms with Gasteiger partial charge in [-0.25, -0.2) is 9.78 Å². The second-order valence-corrected chi connectivity index (χ2v) is 6.75. The highest BCUT2D eigenvalue weighted by Gasteiger charge is 2.17. The molecule has 0 saturated carbocycles. The van der Waals surface area contributed by atoms with Gasteiger partial charge < -0.3 is 10.1 Å². The summed E-state index contributed by atoms with van der Waals surface area (Å²) in [5, 5.41) is 3.60. The van der Waals surface area contributed by atoms with Crippen LogP contribution in [0.3, 0.4) is 0 Å². The van der Waals surface area contributed by atoms with Crippen LogP contribution >= 0.6 is 11.3 Å². The Bertz CT molecular complexity index is 742. The molecule has 2 rings (SSSR count). The maximum atomic E-state index is 12.0. The molecule has 0 spiro atoms. The molecule has 0 aliphatic rings. The fourth-order valence-corrected chi connectivity index (χ4v) is 3.28. The van der Waals surface area contributed by atoms with Crippen LogP contribution in [-0.2, 0) is 9.53 Å². The van der Waals surface area contributed by atoms with Gasteiger partial charge in [0.25, 0.3) is 5.91 Å². The highest BCUT2D eigenvalue weighted by atomic mass is 32.1. The first-order chi connectivity index (χ1) is 10.8. The molecule has 122 valence electrons. The molecular weight excluding hydrogens is 312 g/mol. The Balaban J connectivity index is 1.98. The molecular formula is C17H20N2O3S. The highest BCUT2D eigenvalue weighted by Crippen LogP contribution is 2.22. The molecule has 0 fully saturated rings. The van der Waals surface area contributed by atoms with Crippen LogP contribution in [0.4, 0.5) is 5.69 Å². The van der Waals surface area contributed by atoms with Crippen molar-refractivity contribution in [2.75, 3.05) is 11.9 Å². The minimum atomic E-state index is -0.513. The number of carbonyl (C=O) groups is 2. The predicted octanol–water partition coefficient (Wildman–Crippen LogP) is 3.48. The van der Waals surface area contributed by atoms with Crippen LogP contribution in [0.1, 0.15) is 37.1 Å². The van der Waals surface area contributed by atoms with E-state index in [0.717, 1.165) is 27.4 Å². The van der Waals surface area contributed by atoms with Gasteiger partial charge in [0, 0.05) is 5.69 Å². The van der Waals surface area contributed by atoms with E-state index in [0.29, 0.717) is 10.6 Å². The van der Waals surface area contributed by atoms with Crippen LogP contribution in [0, 0.1) is 34.6 Å². The largest absolute Gasteiger partial charge is 0.451 e. The predicted molar refractivity (Wildman–Crippen MR) is 91.2 cm³/mol. The number of esters is 1. The number of thiazole rings is 1. The Kier molecular flexibility index (Phi) is 5.15. The first kappa shape index (κ1) is 17.1. The number of hydrogen-bond acceptors (Lipinski definition) is 5. The van der Waals surface area contributed by atoms with Crippen molar-refractivity contribution in [2.24, 2.45) is 0 Å². The third-order valence-electron chi connectivity index (χ3n) is 3.36. The van der Waals surface area contributed by atoms with Crippen LogP contribution < -0.4 is 5.32 Å². The molecule has 1 heterocycles. The molecule has 23 heavy (non-hydrogen) atoms. The molecule has 0 radical (unpaired) electrons. The van der Waals surface area contributed by atoms with Crippen molar-refractivity contribution in [1.29, 1.82) is 0 Å². The molecule has 0 aliphatic heterocycles. The van der Waals surface area contributed by atoms with E-state index in [1.54, 1.807) is 6.92 Å². The van der Waals surface area contributed by atoms with Gasteiger partial charge in [0.15, 0.2) is 6.61 Å². The van der Waals surface area contributed by atoms with Gasteiger partial charge in [-0.05, 0) is 45.7 Å². The van der Waals surface area contributed by atoms with Crippen molar-refractivity contribution in [2.45, 2.75) is 34.6 Å². The van der Waals surface area contributed by atoms with Gasteiger partial charge in [0.2, 0.25) is 0 Å². The van der Waals surface area contributed by atoms with Crippen LogP contribution in [0.15, 0.2) is 12.1 Å². The summed E-state index contributed by atoms with van der Waals surface area (Å²) in [5.41, 5.74) is 4.50. The lowest BCUT2D eigenvalue weighted by atomic mass is 10.1. The lowest BCUT2D eigenvalue weighted by Gasteiger charge is -2.12. The molecule has 0 atom stereocenters. The molecule has 6 heteroatoms. The standard InChI is InChI=1S/C17H20N2O3S/c1-9-6-10(2)15(11(3)7-9)19-14(20)8-22-17(21)16-12(4)18-13(5)23-16/h6-7H,8H2,1-5H3,(H,19,20). The Morgan fingerprint density at radius 3 is 2.26 bits per heavy atom. The zero-order chi connectivity index (χ0) is 17.1. The zero-order valence-electron chi connectivity index (χ0n) is 13.9. The average molecular weight is 332 g/mol. The number of ether oxygens (including phenoxy) is 1. The first-order valence-corrected chi connectivity index (χ1v) is 8.08. The van der Waals surface area contributed by atoms with Crippen molar-refractivity contribution in [1.82, 2.24) is 4.98 Å². The summed E-state index contributed by atoms with van der Waals surface area (Å²) in [6.45, 7) is 9.13. The van der Waals surface area contributed by atoms with Crippen molar-refractivity contribution in [3.63, 3.8) is 0 Å². The number of hydrogen-bond donors (Lipinski definition) is 1. The summed E-state index contributed by atoms with van der Waals surface area (Å²) in [6, 6.07) is 4.00. The van der Waals surface area contributed by atoms with Crippen molar-refractivity contribution in [3.05, 3.63) is 44.4 Å². The van der Waals surface area contributed by atoms with Crippen LogP contribution in [0.2, 0.25) is 0 Å². The van der Waals surface area contributed by atoms with E-state index in [-0.39, 0.29) is 12.5 Å². The van der Waals surface area contributed by atoms with Gasteiger partial charge in [-0.15, -0.1) is 11.3 Å². The Hall–Kier alpha value is -2.21. The Morgan fingerprint density at radius 2 is 1.74 bits per heavy atom. The molecule has 0 aliphatic carbocycles. The van der Waals surface area contributed by atoms with E-state index in [1.165, 1.54) is 11.3 Å². The molecule has 1 aromatic heterocycles. The number of nitrogens with one attached hydrogen (secondary N) is 1. The number of aryl methyl sites for hydroxylation is 5. The number of carbonyl (C=O) groups excluding carboxylic acids is 2. The summed E-state index contributed by atoms with van der Waals surface area (Å²) in [6.07, 6.45) is 0. The lowest BCUT2D eigenvalue weighted by Crippen LogP contribution is -2.21. The Labute approximate surface area is 139 Å². The van der Waals surface area contributed by atoms with Crippen molar-refractivity contribution < 1.29 is 14.3 Å². The normalized spacial score (nSPS) is 10.5. The van der Waals surface area contributed by atoms with E-state index in [1.807, 2.05) is 39.8 Å². The monoisotopic (exact) mass is 332 g/mol. The lowest BCUT2D eigenvalue weighted by molar-refractivity contribution is -0.119. The van der Waals surface area contributed by atoms with Crippen LogP contribution in [0.25, 0.3) is 0 Å². The minimum Gasteiger partial charge on any atom is -0.451 e. The van der Waals surface area contributed by atoms with Gasteiger partial charge in [0.1, 0.15) is 4.88 Å². The zero-order valence-corrected chi connectivity index (χ0v) is 14.8. The number of rotatable bonds is 4. The van der Waals surface area contributed by atoms with E-state index in [4.69, 9.17) is 4.74 Å². The van der Waals surface area contributed by atoms with Crippen molar-refractivity contribution >= 4 is 28.9 Å². The van der Waals surface area contributed by atoms with E-state index in [2.05, 4.69) is 10.3 Å².